The highest BCUT2D eigenvalue weighted by molar-refractivity contribution is 7.17. The number of pyridine rings is 1. The molecule has 0 saturated heterocycles. The summed E-state index contributed by atoms with van der Waals surface area (Å²) < 4.78 is 12.2. The minimum atomic E-state index is -0.445. The summed E-state index contributed by atoms with van der Waals surface area (Å²) in [6, 6.07) is 7.13. The van der Waals surface area contributed by atoms with E-state index < -0.39 is 5.97 Å². The summed E-state index contributed by atoms with van der Waals surface area (Å²) >= 11 is 1.08. The van der Waals surface area contributed by atoms with Gasteiger partial charge in [-0.2, -0.15) is 0 Å². The maximum Gasteiger partial charge on any atom is 0.350 e. The van der Waals surface area contributed by atoms with Gasteiger partial charge >= 0.3 is 5.97 Å². The fourth-order valence-corrected chi connectivity index (χ4v) is 4.18. The van der Waals surface area contributed by atoms with E-state index in [1.54, 1.807) is 30.7 Å². The Morgan fingerprint density at radius 1 is 1.25 bits per heavy atom. The fraction of sp³-hybridized carbons (Fsp3) is 0.391. The molecular weight excluding hydrogens is 430 g/mol. The van der Waals surface area contributed by atoms with Crippen molar-refractivity contribution in [2.75, 3.05) is 19.0 Å². The Labute approximate surface area is 190 Å². The molecule has 1 amide bonds. The average Bonchev–Trinajstić information content (AvgIpc) is 3.11. The van der Waals surface area contributed by atoms with Gasteiger partial charge in [-0.25, -0.2) is 9.78 Å². The van der Waals surface area contributed by atoms with Crippen LogP contribution in [-0.4, -0.2) is 35.1 Å². The molecule has 9 heteroatoms. The summed E-state index contributed by atoms with van der Waals surface area (Å²) in [6.07, 6.45) is 0.0574. The molecule has 32 heavy (non-hydrogen) atoms. The van der Waals surface area contributed by atoms with Gasteiger partial charge in [0.2, 0.25) is 5.91 Å². The van der Waals surface area contributed by atoms with Gasteiger partial charge in [-0.05, 0) is 31.4 Å². The molecule has 3 rings (SSSR count). The number of hydrogen-bond donors (Lipinski definition) is 1. The highest BCUT2D eigenvalue weighted by atomic mass is 32.1. The number of rotatable bonds is 8. The molecule has 0 radical (unpaired) electrons. The molecule has 3 aromatic rings. The van der Waals surface area contributed by atoms with Crippen LogP contribution >= 0.6 is 11.3 Å². The van der Waals surface area contributed by atoms with Crippen molar-refractivity contribution < 1.29 is 19.1 Å². The van der Waals surface area contributed by atoms with Crippen LogP contribution in [0.15, 0.2) is 29.1 Å². The van der Waals surface area contributed by atoms with Crippen LogP contribution in [0.3, 0.4) is 0 Å². The first-order valence-electron chi connectivity index (χ1n) is 10.3. The van der Waals surface area contributed by atoms with Crippen molar-refractivity contribution >= 4 is 39.2 Å². The molecule has 0 aliphatic rings. The number of ether oxygens (including phenoxy) is 2. The number of nitrogens with zero attached hydrogens (tertiary/aromatic N) is 2. The number of benzene rings is 1. The Morgan fingerprint density at radius 3 is 2.69 bits per heavy atom. The van der Waals surface area contributed by atoms with Crippen molar-refractivity contribution in [2.24, 2.45) is 5.92 Å². The Kier molecular flexibility index (Phi) is 7.29. The van der Waals surface area contributed by atoms with Crippen LogP contribution in [0.4, 0.5) is 5.13 Å². The third-order valence-corrected chi connectivity index (χ3v) is 5.91. The molecule has 0 saturated carbocycles. The number of hydrogen-bond acceptors (Lipinski definition) is 7. The summed E-state index contributed by atoms with van der Waals surface area (Å²) in [6.45, 7) is 7.97. The third kappa shape index (κ3) is 5.16. The van der Waals surface area contributed by atoms with Crippen LogP contribution in [0, 0.1) is 19.8 Å². The van der Waals surface area contributed by atoms with Gasteiger partial charge in [0, 0.05) is 24.4 Å². The molecule has 1 aromatic carbocycles. The Hall–Kier alpha value is -3.20. The molecule has 0 bridgehead atoms. The number of fused-ring (bicyclic) bond motifs is 1. The van der Waals surface area contributed by atoms with E-state index in [1.807, 2.05) is 32.9 Å². The zero-order chi connectivity index (χ0) is 23.4. The number of esters is 1. The molecule has 0 aliphatic heterocycles. The first-order valence-corrected chi connectivity index (χ1v) is 11.1. The second kappa shape index (κ2) is 9.95. The number of carbonyl (C=O) groups is 2. The number of nitrogens with one attached hydrogen (secondary N) is 1. The lowest BCUT2D eigenvalue weighted by molar-refractivity contribution is -0.116. The number of thiazole rings is 1. The molecule has 0 unspecified atom stereocenters. The van der Waals surface area contributed by atoms with E-state index in [4.69, 9.17) is 9.47 Å². The molecule has 0 fully saturated rings. The fourth-order valence-electron chi connectivity index (χ4n) is 3.30. The zero-order valence-electron chi connectivity index (χ0n) is 18.9. The maximum atomic E-state index is 12.6. The maximum absolute atomic E-state index is 12.6. The second-order valence-corrected chi connectivity index (χ2v) is 8.90. The first-order chi connectivity index (χ1) is 15.2. The Morgan fingerprint density at radius 2 is 2.00 bits per heavy atom. The molecule has 2 aromatic heterocycles. The first kappa shape index (κ1) is 23.5. The molecule has 0 spiro atoms. The van der Waals surface area contributed by atoms with E-state index in [2.05, 4.69) is 10.3 Å². The minimum absolute atomic E-state index is 0.0574. The van der Waals surface area contributed by atoms with Gasteiger partial charge in [-0.15, -0.1) is 0 Å². The number of aromatic nitrogens is 2. The molecule has 8 nitrogen and oxygen atoms in total. The van der Waals surface area contributed by atoms with Crippen LogP contribution in [0.2, 0.25) is 0 Å². The minimum Gasteiger partial charge on any atom is -0.495 e. The average molecular weight is 458 g/mol. The van der Waals surface area contributed by atoms with E-state index in [-0.39, 0.29) is 30.3 Å². The SMILES string of the molecule is COc1cccc2c(C)cc(=O)n(CCC(=O)Nc3nc(C)c(C(=O)OCC(C)C)s3)c12. The molecule has 1 N–H and O–H groups in total. The summed E-state index contributed by atoms with van der Waals surface area (Å²) in [5, 5.41) is 3.93. The van der Waals surface area contributed by atoms with Gasteiger partial charge in [-0.3, -0.25) is 9.59 Å². The van der Waals surface area contributed by atoms with Crippen molar-refractivity contribution in [3.05, 3.63) is 50.8 Å². The predicted octanol–water partition coefficient (Wildman–Crippen LogP) is 3.93. The standard InChI is InChI=1S/C23H27N3O5S/c1-13(2)12-31-22(29)21-15(4)24-23(32-21)25-18(27)9-10-26-19(28)11-14(3)16-7-6-8-17(30-5)20(16)26/h6-8,11,13H,9-10,12H2,1-5H3,(H,24,25,27). The van der Waals surface area contributed by atoms with Crippen LogP contribution in [0.25, 0.3) is 10.9 Å². The van der Waals surface area contributed by atoms with Crippen molar-refractivity contribution in [2.45, 2.75) is 40.7 Å². The number of carbonyl (C=O) groups excluding carboxylic acids is 2. The summed E-state index contributed by atoms with van der Waals surface area (Å²) in [5.74, 6) is 0.0467. The number of anilines is 1. The van der Waals surface area contributed by atoms with Crippen molar-refractivity contribution in [1.29, 1.82) is 0 Å². The van der Waals surface area contributed by atoms with Gasteiger partial charge in [0.05, 0.1) is 24.9 Å². The number of methoxy groups -OCH3 is 1. The number of amides is 1. The predicted molar refractivity (Wildman–Crippen MR) is 125 cm³/mol. The number of para-hydroxylation sites is 1. The summed E-state index contributed by atoms with van der Waals surface area (Å²) in [5.41, 5.74) is 1.81. The van der Waals surface area contributed by atoms with Gasteiger partial charge in [0.1, 0.15) is 10.6 Å². The number of aryl methyl sites for hydroxylation is 3. The van der Waals surface area contributed by atoms with Crippen LogP contribution in [0.1, 0.15) is 41.2 Å². The van der Waals surface area contributed by atoms with Crippen molar-refractivity contribution in [3.8, 4) is 5.75 Å². The third-order valence-electron chi connectivity index (χ3n) is 4.86. The highest BCUT2D eigenvalue weighted by Gasteiger charge is 2.19. The van der Waals surface area contributed by atoms with Crippen LogP contribution < -0.4 is 15.6 Å². The second-order valence-electron chi connectivity index (χ2n) is 7.90. The molecule has 170 valence electrons. The van der Waals surface area contributed by atoms with E-state index in [1.165, 1.54) is 0 Å². The summed E-state index contributed by atoms with van der Waals surface area (Å²) in [7, 11) is 1.55. The molecule has 2 heterocycles. The largest absolute Gasteiger partial charge is 0.495 e. The smallest absolute Gasteiger partial charge is 0.350 e. The van der Waals surface area contributed by atoms with E-state index >= 15 is 0 Å². The lowest BCUT2D eigenvalue weighted by atomic mass is 10.1. The lowest BCUT2D eigenvalue weighted by Gasteiger charge is -2.14. The van der Waals surface area contributed by atoms with Crippen molar-refractivity contribution in [1.82, 2.24) is 9.55 Å². The Bertz CT molecular complexity index is 1210. The topological polar surface area (TPSA) is 99.5 Å². The van der Waals surface area contributed by atoms with Gasteiger partial charge in [-0.1, -0.05) is 37.3 Å². The quantitative estimate of drug-likeness (QED) is 0.515. The van der Waals surface area contributed by atoms with Crippen molar-refractivity contribution in [3.63, 3.8) is 0 Å². The molecular formula is C23H27N3O5S. The van der Waals surface area contributed by atoms with Crippen LogP contribution in [0.5, 0.6) is 5.75 Å². The monoisotopic (exact) mass is 457 g/mol. The van der Waals surface area contributed by atoms with Crippen LogP contribution in [-0.2, 0) is 16.1 Å². The molecule has 0 aliphatic carbocycles. The van der Waals surface area contributed by atoms with Gasteiger partial charge in [0.25, 0.3) is 5.56 Å². The van der Waals surface area contributed by atoms with E-state index in [0.717, 1.165) is 22.3 Å². The molecule has 0 atom stereocenters. The van der Waals surface area contributed by atoms with Gasteiger partial charge in [0.15, 0.2) is 5.13 Å². The van der Waals surface area contributed by atoms with E-state index in [9.17, 15) is 14.4 Å². The normalized spacial score (nSPS) is 11.1. The lowest BCUT2D eigenvalue weighted by Crippen LogP contribution is -2.24. The zero-order valence-corrected chi connectivity index (χ0v) is 19.7. The Balaban J connectivity index is 1.74. The van der Waals surface area contributed by atoms with E-state index in [0.29, 0.717) is 33.6 Å². The summed E-state index contributed by atoms with van der Waals surface area (Å²) in [4.78, 5) is 42.0. The van der Waals surface area contributed by atoms with Gasteiger partial charge < -0.3 is 19.4 Å². The highest BCUT2D eigenvalue weighted by Crippen LogP contribution is 2.27.